The van der Waals surface area contributed by atoms with E-state index in [1.54, 1.807) is 24.3 Å². The first-order chi connectivity index (χ1) is 13.2. The fourth-order valence-corrected chi connectivity index (χ4v) is 2.59. The van der Waals surface area contributed by atoms with Crippen molar-refractivity contribution in [3.05, 3.63) is 75.6 Å². The minimum absolute atomic E-state index is 0.0211. The Labute approximate surface area is 157 Å². The summed E-state index contributed by atoms with van der Waals surface area (Å²) in [4.78, 5) is 23.9. The van der Waals surface area contributed by atoms with Gasteiger partial charge in [-0.25, -0.2) is 9.59 Å². The number of rotatable bonds is 4. The smallest absolute Gasteiger partial charge is 0.425 e. The van der Waals surface area contributed by atoms with E-state index in [0.717, 1.165) is 6.92 Å². The van der Waals surface area contributed by atoms with Crippen LogP contribution in [0.2, 0.25) is 0 Å². The maximum absolute atomic E-state index is 12.5. The monoisotopic (exact) mass is 392 g/mol. The van der Waals surface area contributed by atoms with Crippen LogP contribution in [-0.2, 0) is 11.2 Å². The van der Waals surface area contributed by atoms with Crippen LogP contribution < -0.4 is 5.63 Å². The number of aromatic hydroxyl groups is 1. The van der Waals surface area contributed by atoms with Gasteiger partial charge in [0.15, 0.2) is 6.10 Å². The normalized spacial score (nSPS) is 12.7. The van der Waals surface area contributed by atoms with Gasteiger partial charge >= 0.3 is 17.8 Å². The minimum Gasteiger partial charge on any atom is -0.507 e. The molecule has 0 bridgehead atoms. The van der Waals surface area contributed by atoms with Gasteiger partial charge in [0.2, 0.25) is 0 Å². The molecule has 0 saturated carbocycles. The van der Waals surface area contributed by atoms with Gasteiger partial charge in [-0.2, -0.15) is 13.2 Å². The summed E-state index contributed by atoms with van der Waals surface area (Å²) < 4.78 is 47.0. The molecule has 8 heteroatoms. The predicted molar refractivity (Wildman–Crippen MR) is 94.3 cm³/mol. The van der Waals surface area contributed by atoms with Crippen LogP contribution in [-0.4, -0.2) is 23.4 Å². The molecule has 3 rings (SSSR count). The topological polar surface area (TPSA) is 76.7 Å². The summed E-state index contributed by atoms with van der Waals surface area (Å²) in [5.74, 6) is -1.31. The van der Waals surface area contributed by atoms with Gasteiger partial charge in [-0.05, 0) is 36.8 Å². The van der Waals surface area contributed by atoms with Gasteiger partial charge in [0.1, 0.15) is 11.3 Å². The van der Waals surface area contributed by atoms with E-state index in [-0.39, 0.29) is 28.9 Å². The first-order valence-corrected chi connectivity index (χ1v) is 8.27. The third-order valence-corrected chi connectivity index (χ3v) is 4.19. The molecule has 0 aliphatic carbocycles. The van der Waals surface area contributed by atoms with E-state index < -0.39 is 23.9 Å². The van der Waals surface area contributed by atoms with E-state index in [2.05, 4.69) is 4.74 Å². The Morgan fingerprint density at radius 2 is 1.79 bits per heavy atom. The third-order valence-electron chi connectivity index (χ3n) is 4.19. The molecule has 0 aliphatic heterocycles. The van der Waals surface area contributed by atoms with Crippen LogP contribution in [0.15, 0.2) is 57.7 Å². The second kappa shape index (κ2) is 7.38. The van der Waals surface area contributed by atoms with E-state index in [1.165, 1.54) is 24.3 Å². The van der Waals surface area contributed by atoms with Crippen LogP contribution >= 0.6 is 0 Å². The fourth-order valence-electron chi connectivity index (χ4n) is 2.59. The zero-order valence-corrected chi connectivity index (χ0v) is 14.6. The summed E-state index contributed by atoms with van der Waals surface area (Å²) in [6.45, 7) is 0.744. The van der Waals surface area contributed by atoms with Gasteiger partial charge in [-0.1, -0.05) is 24.3 Å². The second-order valence-electron chi connectivity index (χ2n) is 6.18. The molecular formula is C20H15F3O5. The van der Waals surface area contributed by atoms with Gasteiger partial charge in [-0.3, -0.25) is 0 Å². The lowest BCUT2D eigenvalue weighted by atomic mass is 10.0. The molecule has 1 aromatic heterocycles. The fraction of sp³-hybridized carbons (Fsp3) is 0.200. The zero-order chi connectivity index (χ0) is 20.5. The molecule has 1 N–H and O–H groups in total. The average Bonchev–Trinajstić information content (AvgIpc) is 2.64. The number of esters is 1. The lowest BCUT2D eigenvalue weighted by molar-refractivity contribution is -0.198. The van der Waals surface area contributed by atoms with Crippen molar-refractivity contribution in [1.82, 2.24) is 0 Å². The van der Waals surface area contributed by atoms with Crippen LogP contribution in [0.1, 0.15) is 28.4 Å². The Bertz CT molecular complexity index is 1070. The Kier molecular flexibility index (Phi) is 5.13. The van der Waals surface area contributed by atoms with E-state index in [0.29, 0.717) is 10.9 Å². The first-order valence-electron chi connectivity index (χ1n) is 8.27. The highest BCUT2D eigenvalue weighted by atomic mass is 19.4. The maximum Gasteiger partial charge on any atom is 0.425 e. The largest absolute Gasteiger partial charge is 0.507 e. The van der Waals surface area contributed by atoms with Crippen LogP contribution in [0.3, 0.4) is 0 Å². The Balaban J connectivity index is 1.81. The number of para-hydroxylation sites is 1. The Morgan fingerprint density at radius 3 is 2.43 bits per heavy atom. The van der Waals surface area contributed by atoms with Crippen molar-refractivity contribution in [3.63, 3.8) is 0 Å². The number of halogens is 3. The van der Waals surface area contributed by atoms with Gasteiger partial charge < -0.3 is 14.3 Å². The highest BCUT2D eigenvalue weighted by Crippen LogP contribution is 2.28. The van der Waals surface area contributed by atoms with Crippen LogP contribution in [0.25, 0.3) is 11.0 Å². The van der Waals surface area contributed by atoms with Crippen molar-refractivity contribution >= 4 is 16.9 Å². The zero-order valence-electron chi connectivity index (χ0n) is 14.6. The molecule has 1 heterocycles. The molecular weight excluding hydrogens is 377 g/mol. The molecule has 0 spiro atoms. The van der Waals surface area contributed by atoms with Crippen molar-refractivity contribution < 1.29 is 32.2 Å². The molecule has 28 heavy (non-hydrogen) atoms. The van der Waals surface area contributed by atoms with Crippen molar-refractivity contribution in [2.45, 2.75) is 25.6 Å². The minimum atomic E-state index is -4.64. The Hall–Kier alpha value is -3.29. The molecule has 0 aliphatic rings. The third kappa shape index (κ3) is 4.00. The van der Waals surface area contributed by atoms with E-state index in [4.69, 9.17) is 4.42 Å². The summed E-state index contributed by atoms with van der Waals surface area (Å²) in [7, 11) is 0. The van der Waals surface area contributed by atoms with Gasteiger partial charge in [-0.15, -0.1) is 0 Å². The molecule has 2 aromatic carbocycles. The lowest BCUT2D eigenvalue weighted by Crippen LogP contribution is -2.30. The molecule has 146 valence electrons. The van der Waals surface area contributed by atoms with E-state index >= 15 is 0 Å². The van der Waals surface area contributed by atoms with Gasteiger partial charge in [0.05, 0.1) is 16.5 Å². The number of fused-ring (bicyclic) bond motifs is 1. The first kappa shape index (κ1) is 19.5. The molecule has 0 unspecified atom stereocenters. The SMILES string of the molecule is C[C@H](OC(=O)c1ccc(Cc2c(O)c3ccccc3oc2=O)cc1)C(F)(F)F. The highest BCUT2D eigenvalue weighted by molar-refractivity contribution is 5.89. The molecule has 3 aromatic rings. The summed E-state index contributed by atoms with van der Waals surface area (Å²) in [6.07, 6.45) is -6.84. The van der Waals surface area contributed by atoms with Gasteiger partial charge in [0.25, 0.3) is 0 Å². The summed E-state index contributed by atoms with van der Waals surface area (Å²) in [5, 5.41) is 10.8. The molecule has 1 atom stereocenters. The van der Waals surface area contributed by atoms with Crippen LogP contribution in [0.5, 0.6) is 5.75 Å². The predicted octanol–water partition coefficient (Wildman–Crippen LogP) is 4.20. The maximum atomic E-state index is 12.5. The van der Waals surface area contributed by atoms with Gasteiger partial charge in [0, 0.05) is 6.42 Å². The standard InChI is InChI=1S/C20H15F3O5/c1-11(20(21,22)23)27-18(25)13-8-6-12(7-9-13)10-15-17(24)14-4-2-3-5-16(14)28-19(15)26/h2-9,11,24H,10H2,1H3/t11-/m0/s1. The van der Waals surface area contributed by atoms with E-state index in [9.17, 15) is 27.9 Å². The molecule has 0 fully saturated rings. The van der Waals surface area contributed by atoms with Crippen molar-refractivity contribution in [2.75, 3.05) is 0 Å². The number of hydrogen-bond donors (Lipinski definition) is 1. The summed E-state index contributed by atoms with van der Waals surface area (Å²) in [5.41, 5.74) is 0.0944. The number of hydrogen-bond acceptors (Lipinski definition) is 5. The van der Waals surface area contributed by atoms with Crippen LogP contribution in [0.4, 0.5) is 13.2 Å². The molecule has 5 nitrogen and oxygen atoms in total. The van der Waals surface area contributed by atoms with E-state index in [1.807, 2.05) is 0 Å². The number of carbonyl (C=O) groups is 1. The van der Waals surface area contributed by atoms with Crippen molar-refractivity contribution in [2.24, 2.45) is 0 Å². The quantitative estimate of drug-likeness (QED) is 0.532. The molecule has 0 radical (unpaired) electrons. The Morgan fingerprint density at radius 1 is 1.14 bits per heavy atom. The van der Waals surface area contributed by atoms with Crippen LogP contribution in [0, 0.1) is 0 Å². The molecule has 0 saturated heterocycles. The number of carbonyl (C=O) groups excluding carboxylic acids is 1. The van der Waals surface area contributed by atoms with Crippen molar-refractivity contribution in [1.29, 1.82) is 0 Å². The number of benzene rings is 2. The highest BCUT2D eigenvalue weighted by Gasteiger charge is 2.39. The second-order valence-corrected chi connectivity index (χ2v) is 6.18. The number of ether oxygens (including phenoxy) is 1. The van der Waals surface area contributed by atoms with Crippen molar-refractivity contribution in [3.8, 4) is 5.75 Å². The average molecular weight is 392 g/mol. The molecule has 0 amide bonds. The summed E-state index contributed by atoms with van der Waals surface area (Å²) >= 11 is 0. The lowest BCUT2D eigenvalue weighted by Gasteiger charge is -2.16. The number of alkyl halides is 3. The summed E-state index contributed by atoms with van der Waals surface area (Å²) in [6, 6.07) is 12.0.